The maximum absolute atomic E-state index is 5.88. The number of rotatable bonds is 3. The molecule has 0 amide bonds. The van der Waals surface area contributed by atoms with Crippen LogP contribution in [0.5, 0.6) is 5.75 Å². The van der Waals surface area contributed by atoms with Gasteiger partial charge in [-0.25, -0.2) is 9.67 Å². The minimum Gasteiger partial charge on any atom is -0.490 e. The van der Waals surface area contributed by atoms with E-state index in [1.54, 1.807) is 0 Å². The summed E-state index contributed by atoms with van der Waals surface area (Å²) in [6, 6.07) is 16.6. The maximum atomic E-state index is 5.88. The second-order valence-corrected chi connectivity index (χ2v) is 6.23. The van der Waals surface area contributed by atoms with Crippen LogP contribution in [-0.2, 0) is 13.0 Å². The molecule has 0 saturated heterocycles. The van der Waals surface area contributed by atoms with Crippen molar-refractivity contribution >= 4 is 0 Å². The van der Waals surface area contributed by atoms with E-state index in [-0.39, 0.29) is 0 Å². The zero-order valence-corrected chi connectivity index (χ0v) is 12.8. The van der Waals surface area contributed by atoms with Gasteiger partial charge in [-0.2, -0.15) is 5.10 Å². The highest BCUT2D eigenvalue weighted by Crippen LogP contribution is 2.32. The van der Waals surface area contributed by atoms with Crippen LogP contribution < -0.4 is 4.74 Å². The first-order valence-electron chi connectivity index (χ1n) is 8.17. The molecule has 2 aliphatic rings. The lowest BCUT2D eigenvalue weighted by atomic mass is 10.0. The van der Waals surface area contributed by atoms with E-state index in [1.807, 2.05) is 28.9 Å². The van der Waals surface area contributed by atoms with E-state index in [9.17, 15) is 0 Å². The molecule has 1 aliphatic carbocycles. The molecule has 0 N–H and O–H groups in total. The smallest absolute Gasteiger partial charge is 0.181 e. The third kappa shape index (κ3) is 2.31. The van der Waals surface area contributed by atoms with Crippen LogP contribution in [0, 0.1) is 0 Å². The number of aryl methyl sites for hydroxylation is 2. The third-order valence-corrected chi connectivity index (χ3v) is 4.44. The van der Waals surface area contributed by atoms with Crippen molar-refractivity contribution in [1.82, 2.24) is 14.8 Å². The number of hydrogen-bond donors (Lipinski definition) is 0. The molecule has 2 aromatic carbocycles. The van der Waals surface area contributed by atoms with E-state index in [4.69, 9.17) is 14.8 Å². The molecule has 0 radical (unpaired) electrons. The van der Waals surface area contributed by atoms with Gasteiger partial charge in [-0.15, -0.1) is 0 Å². The first kappa shape index (κ1) is 12.9. The molecule has 1 aliphatic heterocycles. The summed E-state index contributed by atoms with van der Waals surface area (Å²) < 4.78 is 7.90. The monoisotopic (exact) mass is 303 g/mol. The van der Waals surface area contributed by atoms with Crippen LogP contribution in [0.2, 0.25) is 0 Å². The van der Waals surface area contributed by atoms with Crippen molar-refractivity contribution in [1.29, 1.82) is 0 Å². The standard InChI is InChI=1S/C19H17N3O/c1-2-7-17-13(4-1)10-11-22-19(17)20-18(21-22)14-5-3-6-16(12-14)23-15-8-9-15/h1-7,12,15H,8-11H2. The number of nitrogens with zero attached hydrogens (tertiary/aromatic N) is 3. The lowest BCUT2D eigenvalue weighted by Crippen LogP contribution is -2.11. The van der Waals surface area contributed by atoms with Crippen molar-refractivity contribution in [2.45, 2.75) is 31.9 Å². The molecule has 23 heavy (non-hydrogen) atoms. The van der Waals surface area contributed by atoms with Gasteiger partial charge in [0.05, 0.1) is 6.10 Å². The van der Waals surface area contributed by atoms with E-state index in [1.165, 1.54) is 11.1 Å². The van der Waals surface area contributed by atoms with Gasteiger partial charge >= 0.3 is 0 Å². The summed E-state index contributed by atoms with van der Waals surface area (Å²) in [7, 11) is 0. The molecule has 2 heterocycles. The fourth-order valence-corrected chi connectivity index (χ4v) is 3.09. The average Bonchev–Trinajstić information content (AvgIpc) is 3.29. The van der Waals surface area contributed by atoms with Crippen LogP contribution in [0.4, 0.5) is 0 Å². The predicted octanol–water partition coefficient (Wildman–Crippen LogP) is 3.71. The van der Waals surface area contributed by atoms with Crippen LogP contribution in [0.1, 0.15) is 18.4 Å². The van der Waals surface area contributed by atoms with Crippen LogP contribution in [0.25, 0.3) is 22.8 Å². The summed E-state index contributed by atoms with van der Waals surface area (Å²) in [6.07, 6.45) is 3.74. The quantitative estimate of drug-likeness (QED) is 0.740. The Morgan fingerprint density at radius 3 is 2.87 bits per heavy atom. The largest absolute Gasteiger partial charge is 0.490 e. The van der Waals surface area contributed by atoms with Crippen molar-refractivity contribution in [2.75, 3.05) is 0 Å². The average molecular weight is 303 g/mol. The lowest BCUT2D eigenvalue weighted by molar-refractivity contribution is 0.303. The zero-order valence-electron chi connectivity index (χ0n) is 12.8. The number of hydrogen-bond acceptors (Lipinski definition) is 3. The first-order chi connectivity index (χ1) is 11.4. The maximum Gasteiger partial charge on any atom is 0.181 e. The van der Waals surface area contributed by atoms with Crippen molar-refractivity contribution in [2.24, 2.45) is 0 Å². The Morgan fingerprint density at radius 1 is 1.04 bits per heavy atom. The molecule has 114 valence electrons. The van der Waals surface area contributed by atoms with E-state index >= 15 is 0 Å². The highest BCUT2D eigenvalue weighted by molar-refractivity contribution is 5.66. The van der Waals surface area contributed by atoms with Gasteiger partial charge in [0.25, 0.3) is 0 Å². The second-order valence-electron chi connectivity index (χ2n) is 6.23. The van der Waals surface area contributed by atoms with Crippen LogP contribution in [0.15, 0.2) is 48.5 Å². The van der Waals surface area contributed by atoms with Gasteiger partial charge in [-0.05, 0) is 37.0 Å². The van der Waals surface area contributed by atoms with Crippen molar-refractivity contribution in [3.63, 3.8) is 0 Å². The molecule has 0 bridgehead atoms. The van der Waals surface area contributed by atoms with Crippen molar-refractivity contribution in [3.8, 4) is 28.5 Å². The van der Waals surface area contributed by atoms with Crippen LogP contribution in [-0.4, -0.2) is 20.9 Å². The Balaban J connectivity index is 1.54. The van der Waals surface area contributed by atoms with Gasteiger partial charge in [-0.1, -0.05) is 36.4 Å². The van der Waals surface area contributed by atoms with E-state index in [2.05, 4.69) is 24.3 Å². The van der Waals surface area contributed by atoms with Crippen molar-refractivity contribution in [3.05, 3.63) is 54.1 Å². The molecule has 0 atom stereocenters. The minimum absolute atomic E-state index is 0.403. The molecule has 1 fully saturated rings. The Bertz CT molecular complexity index is 880. The fraction of sp³-hybridized carbons (Fsp3) is 0.263. The van der Waals surface area contributed by atoms with E-state index in [0.29, 0.717) is 6.10 Å². The topological polar surface area (TPSA) is 39.9 Å². The Morgan fingerprint density at radius 2 is 1.96 bits per heavy atom. The first-order valence-corrected chi connectivity index (χ1v) is 8.17. The summed E-state index contributed by atoms with van der Waals surface area (Å²) in [5.41, 5.74) is 3.56. The highest BCUT2D eigenvalue weighted by Gasteiger charge is 2.24. The molecule has 1 saturated carbocycles. The molecule has 3 aromatic rings. The van der Waals surface area contributed by atoms with Gasteiger partial charge in [0.15, 0.2) is 11.6 Å². The van der Waals surface area contributed by atoms with E-state index in [0.717, 1.165) is 48.8 Å². The summed E-state index contributed by atoms with van der Waals surface area (Å²) >= 11 is 0. The zero-order chi connectivity index (χ0) is 15.2. The molecular formula is C19H17N3O. The predicted molar refractivity (Wildman–Crippen MR) is 88.2 cm³/mol. The van der Waals surface area contributed by atoms with Gasteiger partial charge in [0.2, 0.25) is 0 Å². The summed E-state index contributed by atoms with van der Waals surface area (Å²) in [5.74, 6) is 2.66. The lowest BCUT2D eigenvalue weighted by Gasteiger charge is -2.15. The third-order valence-electron chi connectivity index (χ3n) is 4.44. The summed E-state index contributed by atoms with van der Waals surface area (Å²) in [4.78, 5) is 4.79. The Kier molecular flexibility index (Phi) is 2.77. The summed E-state index contributed by atoms with van der Waals surface area (Å²) in [6.45, 7) is 0.887. The number of ether oxygens (including phenoxy) is 1. The molecule has 4 nitrogen and oxygen atoms in total. The van der Waals surface area contributed by atoms with E-state index < -0.39 is 0 Å². The Labute approximate surface area is 134 Å². The molecule has 4 heteroatoms. The SMILES string of the molecule is c1cc(OC2CC2)cc(-c2nc3n(n2)CCc2ccccc2-3)c1. The summed E-state index contributed by atoms with van der Waals surface area (Å²) in [5, 5.41) is 4.71. The number of benzene rings is 2. The fourth-order valence-electron chi connectivity index (χ4n) is 3.09. The molecule has 1 aromatic heterocycles. The van der Waals surface area contributed by atoms with Gasteiger partial charge in [0, 0.05) is 17.7 Å². The molecular weight excluding hydrogens is 286 g/mol. The normalized spacial score (nSPS) is 15.8. The van der Waals surface area contributed by atoms with Crippen molar-refractivity contribution < 1.29 is 4.74 Å². The van der Waals surface area contributed by atoms with Gasteiger partial charge in [-0.3, -0.25) is 0 Å². The molecule has 0 spiro atoms. The van der Waals surface area contributed by atoms with Crippen LogP contribution in [0.3, 0.4) is 0 Å². The minimum atomic E-state index is 0.403. The molecule has 5 rings (SSSR count). The number of fused-ring (bicyclic) bond motifs is 3. The van der Waals surface area contributed by atoms with Crippen LogP contribution >= 0.6 is 0 Å². The number of aromatic nitrogens is 3. The highest BCUT2D eigenvalue weighted by atomic mass is 16.5. The van der Waals surface area contributed by atoms with Gasteiger partial charge in [0.1, 0.15) is 5.75 Å². The van der Waals surface area contributed by atoms with Gasteiger partial charge < -0.3 is 4.74 Å². The Hall–Kier alpha value is -2.62. The molecule has 0 unspecified atom stereocenters. The second kappa shape index (κ2) is 4.95.